The largest absolute Gasteiger partial charge is 0.598 e. The third-order valence-electron chi connectivity index (χ3n) is 4.97. The number of ether oxygens (including phenoxy) is 1. The van der Waals surface area contributed by atoms with Gasteiger partial charge < -0.3 is 14.6 Å². The van der Waals surface area contributed by atoms with Crippen molar-refractivity contribution in [3.8, 4) is 0 Å². The van der Waals surface area contributed by atoms with E-state index in [9.17, 15) is 9.35 Å². The summed E-state index contributed by atoms with van der Waals surface area (Å²) in [6.45, 7) is 13.6. The van der Waals surface area contributed by atoms with Crippen LogP contribution in [-0.2, 0) is 16.1 Å². The Hall–Kier alpha value is -0.460. The van der Waals surface area contributed by atoms with E-state index in [0.29, 0.717) is 11.8 Å². The van der Waals surface area contributed by atoms with Crippen molar-refractivity contribution < 1.29 is 14.1 Å². The van der Waals surface area contributed by atoms with Crippen LogP contribution in [0.3, 0.4) is 0 Å². The summed E-state index contributed by atoms with van der Waals surface area (Å²) in [4.78, 5) is 12.0. The first kappa shape index (κ1) is 18.9. The minimum absolute atomic E-state index is 0.0911. The van der Waals surface area contributed by atoms with Gasteiger partial charge in [0.05, 0.1) is 6.04 Å². The summed E-state index contributed by atoms with van der Waals surface area (Å²) in [6, 6.07) is 0.189. The van der Waals surface area contributed by atoms with Gasteiger partial charge in [0.25, 0.3) is 0 Å². The fourth-order valence-electron chi connectivity index (χ4n) is 3.61. The van der Waals surface area contributed by atoms with E-state index in [1.807, 2.05) is 41.5 Å². The number of amides is 1. The van der Waals surface area contributed by atoms with Crippen LogP contribution in [0.1, 0.15) is 67.7 Å². The molecule has 0 spiro atoms. The molecule has 6 heteroatoms. The second-order valence-electron chi connectivity index (χ2n) is 9.08. The van der Waals surface area contributed by atoms with Crippen LogP contribution >= 0.6 is 0 Å². The minimum atomic E-state index is -1.06. The monoisotopic (exact) mass is 344 g/mol. The molecule has 2 aliphatic carbocycles. The summed E-state index contributed by atoms with van der Waals surface area (Å²) < 4.78 is 20.6. The zero-order valence-corrected chi connectivity index (χ0v) is 16.3. The Morgan fingerprint density at radius 2 is 1.91 bits per heavy atom. The van der Waals surface area contributed by atoms with Crippen LogP contribution in [-0.4, -0.2) is 32.6 Å². The molecule has 2 fully saturated rings. The van der Waals surface area contributed by atoms with Gasteiger partial charge in [-0.1, -0.05) is 0 Å². The lowest BCUT2D eigenvalue weighted by Crippen LogP contribution is -2.73. The van der Waals surface area contributed by atoms with Gasteiger partial charge in [-0.2, -0.15) is 0 Å². The topological polar surface area (TPSA) is 73.4 Å². The molecule has 0 aliphatic heterocycles. The van der Waals surface area contributed by atoms with E-state index in [1.54, 1.807) is 0 Å². The number of alkyl carbamates (subject to hydrolysis) is 1. The first-order chi connectivity index (χ1) is 10.3. The first-order valence-corrected chi connectivity index (χ1v) is 9.68. The van der Waals surface area contributed by atoms with E-state index in [2.05, 4.69) is 17.0 Å². The van der Waals surface area contributed by atoms with Crippen molar-refractivity contribution in [2.45, 2.75) is 89.7 Å². The van der Waals surface area contributed by atoms with Crippen LogP contribution in [0.2, 0.25) is 0 Å². The Morgan fingerprint density at radius 3 is 2.30 bits per heavy atom. The Kier molecular flexibility index (Phi) is 5.02. The smallest absolute Gasteiger partial charge is 0.408 e. The van der Waals surface area contributed by atoms with Crippen LogP contribution < -0.4 is 10.0 Å². The average Bonchev–Trinajstić information content (AvgIpc) is 2.32. The summed E-state index contributed by atoms with van der Waals surface area (Å²) in [7, 11) is 0. The molecule has 0 aromatic rings. The van der Waals surface area contributed by atoms with Crippen LogP contribution in [0.15, 0.2) is 0 Å². The number of hydrogen-bond acceptors (Lipinski definition) is 4. The van der Waals surface area contributed by atoms with E-state index < -0.39 is 17.0 Å². The summed E-state index contributed by atoms with van der Waals surface area (Å²) in [6.07, 6.45) is 2.75. The third kappa shape index (κ3) is 4.15. The summed E-state index contributed by atoms with van der Waals surface area (Å²) in [5, 5.41) is 3.09. The molecule has 5 nitrogen and oxygen atoms in total. The van der Waals surface area contributed by atoms with E-state index in [4.69, 9.17) is 4.74 Å². The second-order valence-corrected chi connectivity index (χ2v) is 11.1. The highest BCUT2D eigenvalue weighted by molar-refractivity contribution is 7.90. The molecule has 2 rings (SSSR count). The van der Waals surface area contributed by atoms with Gasteiger partial charge in [0, 0.05) is 16.9 Å². The highest BCUT2D eigenvalue weighted by atomic mass is 32.2. The van der Waals surface area contributed by atoms with Gasteiger partial charge in [-0.3, -0.25) is 0 Å². The predicted molar refractivity (Wildman–Crippen MR) is 93.4 cm³/mol. The third-order valence-corrected chi connectivity index (χ3v) is 6.67. The second kappa shape index (κ2) is 6.12. The fraction of sp³-hybridized carbons (Fsp3) is 0.941. The van der Waals surface area contributed by atoms with Gasteiger partial charge in [0.15, 0.2) is 0 Å². The summed E-state index contributed by atoms with van der Waals surface area (Å²) in [5.74, 6) is 0.930. The van der Waals surface area contributed by atoms with Crippen molar-refractivity contribution in [1.82, 2.24) is 10.0 Å². The Morgan fingerprint density at radius 1 is 1.30 bits per heavy atom. The van der Waals surface area contributed by atoms with Gasteiger partial charge in [-0.05, 0) is 79.6 Å². The molecule has 0 aromatic carbocycles. The fourth-order valence-corrected chi connectivity index (χ4v) is 4.48. The first-order valence-electron chi connectivity index (χ1n) is 8.53. The number of nitrogens with one attached hydrogen (secondary N) is 2. The molecule has 1 amide bonds. The maximum absolute atomic E-state index is 12.3. The van der Waals surface area contributed by atoms with Crippen molar-refractivity contribution in [2.24, 2.45) is 11.8 Å². The van der Waals surface area contributed by atoms with E-state index in [-0.39, 0.29) is 22.4 Å². The van der Waals surface area contributed by atoms with Gasteiger partial charge in [0.2, 0.25) is 0 Å². The van der Waals surface area contributed by atoms with Crippen LogP contribution in [0.4, 0.5) is 4.79 Å². The molecule has 0 radical (unpaired) electrons. The molecule has 5 atom stereocenters. The highest BCUT2D eigenvalue weighted by Gasteiger charge is 2.62. The zero-order valence-electron chi connectivity index (χ0n) is 15.5. The van der Waals surface area contributed by atoms with Crippen LogP contribution in [0.25, 0.3) is 0 Å². The van der Waals surface area contributed by atoms with Gasteiger partial charge in [-0.25, -0.2) is 4.79 Å². The van der Waals surface area contributed by atoms with Crippen molar-refractivity contribution in [3.63, 3.8) is 0 Å². The van der Waals surface area contributed by atoms with Crippen molar-refractivity contribution in [3.05, 3.63) is 0 Å². The summed E-state index contributed by atoms with van der Waals surface area (Å²) in [5.41, 5.74) is -0.562. The Bertz CT molecular complexity index is 458. The Balaban J connectivity index is 1.86. The van der Waals surface area contributed by atoms with Gasteiger partial charge in [-0.15, -0.1) is 4.72 Å². The minimum Gasteiger partial charge on any atom is -0.598 e. The van der Waals surface area contributed by atoms with E-state index in [1.165, 1.54) is 0 Å². The molecule has 0 aromatic heterocycles. The standard InChI is InChI=1S/C17H32N2O3S/c1-11(19-23(21)16(5,6)7)12-10-17(9-8-13(12)17)18-14(20)22-15(2,3)4/h11-13,19H,8-10H2,1-7H3,(H,18,20)/t11-,12?,13?,17?,23?/m1/s1. The SMILES string of the molecule is C[C@@H](N[S+]([O-])C(C)(C)C)C1CC2(NC(=O)OC(C)(C)C)CCC12. The van der Waals surface area contributed by atoms with Crippen LogP contribution in [0, 0.1) is 11.8 Å². The molecule has 2 N–H and O–H groups in total. The van der Waals surface area contributed by atoms with Crippen molar-refractivity contribution >= 4 is 17.5 Å². The molecule has 4 unspecified atom stereocenters. The highest BCUT2D eigenvalue weighted by Crippen LogP contribution is 2.58. The number of rotatable bonds is 4. The molecular weight excluding hydrogens is 312 g/mol. The lowest BCUT2D eigenvalue weighted by Gasteiger charge is -2.64. The van der Waals surface area contributed by atoms with E-state index >= 15 is 0 Å². The van der Waals surface area contributed by atoms with Gasteiger partial charge in [0.1, 0.15) is 10.3 Å². The molecule has 2 saturated carbocycles. The van der Waals surface area contributed by atoms with Crippen molar-refractivity contribution in [2.75, 3.05) is 0 Å². The summed E-state index contributed by atoms with van der Waals surface area (Å²) >= 11 is -1.06. The average molecular weight is 345 g/mol. The molecule has 0 bridgehead atoms. The Labute approximate surface area is 143 Å². The maximum atomic E-state index is 12.3. The van der Waals surface area contributed by atoms with Crippen molar-refractivity contribution in [1.29, 1.82) is 0 Å². The quantitative estimate of drug-likeness (QED) is 0.769. The predicted octanol–water partition coefficient (Wildman–Crippen LogP) is 3.12. The van der Waals surface area contributed by atoms with Gasteiger partial charge >= 0.3 is 6.09 Å². The number of fused-ring (bicyclic) bond motifs is 1. The lowest BCUT2D eigenvalue weighted by molar-refractivity contribution is -0.0935. The van der Waals surface area contributed by atoms with E-state index in [0.717, 1.165) is 19.3 Å². The number of carbonyl (C=O) groups excluding carboxylic acids is 1. The number of hydrogen-bond donors (Lipinski definition) is 2. The number of carbonyl (C=O) groups is 1. The molecular formula is C17H32N2O3S. The van der Waals surface area contributed by atoms with Crippen LogP contribution in [0.5, 0.6) is 0 Å². The maximum Gasteiger partial charge on any atom is 0.408 e. The lowest BCUT2D eigenvalue weighted by atomic mass is 9.46. The molecule has 134 valence electrons. The molecule has 2 aliphatic rings. The zero-order chi connectivity index (χ0) is 17.6. The molecule has 0 heterocycles. The molecule has 0 saturated heterocycles. The molecule has 23 heavy (non-hydrogen) atoms. The normalized spacial score (nSPS) is 32.9.